The van der Waals surface area contributed by atoms with E-state index in [0.29, 0.717) is 26.2 Å². The molecule has 2 fully saturated rings. The van der Waals surface area contributed by atoms with Crippen molar-refractivity contribution in [3.8, 4) is 0 Å². The van der Waals surface area contributed by atoms with E-state index in [1.165, 1.54) is 8.61 Å². The van der Waals surface area contributed by atoms with E-state index >= 15 is 0 Å². The first-order valence-electron chi connectivity index (χ1n) is 6.69. The molecule has 1 saturated carbocycles. The van der Waals surface area contributed by atoms with Crippen LogP contribution in [-0.4, -0.2) is 68.4 Å². The summed E-state index contributed by atoms with van der Waals surface area (Å²) >= 11 is 0. The van der Waals surface area contributed by atoms with E-state index in [4.69, 9.17) is 4.74 Å². The predicted octanol–water partition coefficient (Wildman–Crippen LogP) is -0.836. The maximum absolute atomic E-state index is 12.5. The molecule has 1 N–H and O–H groups in total. The molecule has 0 unspecified atom stereocenters. The number of piperazine rings is 1. The van der Waals surface area contributed by atoms with Gasteiger partial charge in [-0.25, -0.2) is 0 Å². The van der Waals surface area contributed by atoms with Crippen LogP contribution in [0.1, 0.15) is 19.8 Å². The zero-order valence-electron chi connectivity index (χ0n) is 11.2. The van der Waals surface area contributed by atoms with Gasteiger partial charge in [-0.2, -0.15) is 17.0 Å². The van der Waals surface area contributed by atoms with Crippen LogP contribution in [0, 0.1) is 0 Å². The number of hydrogen-bond acceptors (Lipinski definition) is 5. The van der Waals surface area contributed by atoms with Crippen molar-refractivity contribution in [2.75, 3.05) is 39.3 Å². The Kier molecular flexibility index (Phi) is 4.77. The summed E-state index contributed by atoms with van der Waals surface area (Å²) in [6.45, 7) is 4.01. The van der Waals surface area contributed by atoms with Crippen molar-refractivity contribution in [1.82, 2.24) is 13.9 Å². The van der Waals surface area contributed by atoms with E-state index in [1.807, 2.05) is 0 Å². The largest absolute Gasteiger partial charge is 0.465 e. The van der Waals surface area contributed by atoms with E-state index in [-0.39, 0.29) is 19.2 Å². The molecule has 1 aliphatic carbocycles. The van der Waals surface area contributed by atoms with Gasteiger partial charge in [0.2, 0.25) is 0 Å². The van der Waals surface area contributed by atoms with Crippen LogP contribution >= 0.6 is 0 Å². The van der Waals surface area contributed by atoms with Crippen LogP contribution in [0.15, 0.2) is 0 Å². The van der Waals surface area contributed by atoms with Crippen molar-refractivity contribution in [3.05, 3.63) is 0 Å². The maximum atomic E-state index is 12.5. The molecule has 8 heteroatoms. The van der Waals surface area contributed by atoms with Gasteiger partial charge < -0.3 is 10.1 Å². The molecule has 0 aromatic heterocycles. The normalized spacial score (nSPS) is 21.6. The van der Waals surface area contributed by atoms with Gasteiger partial charge in [-0.15, -0.1) is 0 Å². The Morgan fingerprint density at radius 3 is 2.53 bits per heavy atom. The third kappa shape index (κ3) is 3.65. The number of hydrogen-bond donors (Lipinski definition) is 1. The summed E-state index contributed by atoms with van der Waals surface area (Å²) in [7, 11) is -3.55. The number of ether oxygens (including phenoxy) is 1. The van der Waals surface area contributed by atoms with E-state index in [9.17, 15) is 13.2 Å². The highest BCUT2D eigenvalue weighted by atomic mass is 32.2. The van der Waals surface area contributed by atoms with Crippen LogP contribution in [0.25, 0.3) is 0 Å². The fourth-order valence-electron chi connectivity index (χ4n) is 2.12. The van der Waals surface area contributed by atoms with E-state index in [0.717, 1.165) is 12.8 Å². The van der Waals surface area contributed by atoms with Gasteiger partial charge in [0.1, 0.15) is 6.54 Å². The molecule has 0 amide bonds. The first kappa shape index (κ1) is 14.7. The average Bonchev–Trinajstić information content (AvgIpc) is 3.21. The zero-order valence-corrected chi connectivity index (χ0v) is 12.0. The Morgan fingerprint density at radius 1 is 1.37 bits per heavy atom. The second-order valence-corrected chi connectivity index (χ2v) is 6.62. The standard InChI is InChI=1S/C11H21N3O4S/c1-2-18-11(15)9-14(10-3-4-10)19(16,17)13-7-5-12-6-8-13/h10,12H,2-9H2,1H3. The van der Waals surface area contributed by atoms with Gasteiger partial charge >= 0.3 is 5.97 Å². The maximum Gasteiger partial charge on any atom is 0.321 e. The molecule has 1 aliphatic heterocycles. The topological polar surface area (TPSA) is 79.0 Å². The summed E-state index contributed by atoms with van der Waals surface area (Å²) in [4.78, 5) is 11.6. The summed E-state index contributed by atoms with van der Waals surface area (Å²) in [6, 6.07) is -0.0377. The average molecular weight is 291 g/mol. The summed E-state index contributed by atoms with van der Waals surface area (Å²) in [5.41, 5.74) is 0. The highest BCUT2D eigenvalue weighted by Crippen LogP contribution is 2.30. The molecule has 0 radical (unpaired) electrons. The Balaban J connectivity index is 2.06. The minimum atomic E-state index is -3.55. The highest BCUT2D eigenvalue weighted by molar-refractivity contribution is 7.86. The lowest BCUT2D eigenvalue weighted by atomic mass is 10.4. The van der Waals surface area contributed by atoms with Gasteiger partial charge in [-0.1, -0.05) is 0 Å². The lowest BCUT2D eigenvalue weighted by Crippen LogP contribution is -2.53. The molecule has 110 valence electrons. The van der Waals surface area contributed by atoms with Crippen molar-refractivity contribution < 1.29 is 17.9 Å². The summed E-state index contributed by atoms with van der Waals surface area (Å²) in [5.74, 6) is -0.479. The molecule has 7 nitrogen and oxygen atoms in total. The number of nitrogens with zero attached hydrogens (tertiary/aromatic N) is 2. The first-order chi connectivity index (χ1) is 9.05. The molecular weight excluding hydrogens is 270 g/mol. The summed E-state index contributed by atoms with van der Waals surface area (Å²) in [6.07, 6.45) is 1.65. The Bertz CT molecular complexity index is 416. The van der Waals surface area contributed by atoms with Crippen molar-refractivity contribution >= 4 is 16.2 Å². The van der Waals surface area contributed by atoms with Crippen molar-refractivity contribution in [2.24, 2.45) is 0 Å². The van der Waals surface area contributed by atoms with Gasteiger partial charge in [0.25, 0.3) is 10.2 Å². The number of nitrogens with one attached hydrogen (secondary N) is 1. The Morgan fingerprint density at radius 2 is 2.00 bits per heavy atom. The Hall–Kier alpha value is -0.700. The monoisotopic (exact) mass is 291 g/mol. The Labute approximate surface area is 114 Å². The highest BCUT2D eigenvalue weighted by Gasteiger charge is 2.41. The summed E-state index contributed by atoms with van der Waals surface area (Å²) in [5, 5.41) is 3.12. The molecule has 19 heavy (non-hydrogen) atoms. The van der Waals surface area contributed by atoms with Crippen molar-refractivity contribution in [1.29, 1.82) is 0 Å². The fourth-order valence-corrected chi connectivity index (χ4v) is 3.92. The van der Waals surface area contributed by atoms with Crippen LogP contribution in [0.5, 0.6) is 0 Å². The second-order valence-electron chi connectivity index (χ2n) is 4.74. The zero-order chi connectivity index (χ0) is 13.9. The number of esters is 1. The molecule has 0 atom stereocenters. The third-order valence-corrected chi connectivity index (χ3v) is 5.28. The van der Waals surface area contributed by atoms with Crippen molar-refractivity contribution in [2.45, 2.75) is 25.8 Å². The van der Waals surface area contributed by atoms with Crippen LogP contribution in [0.4, 0.5) is 0 Å². The summed E-state index contributed by atoms with van der Waals surface area (Å²) < 4.78 is 32.7. The van der Waals surface area contributed by atoms with E-state index in [2.05, 4.69) is 5.32 Å². The van der Waals surface area contributed by atoms with Crippen molar-refractivity contribution in [3.63, 3.8) is 0 Å². The minimum absolute atomic E-state index is 0.0377. The molecule has 0 aromatic carbocycles. The third-order valence-electron chi connectivity index (χ3n) is 3.24. The lowest BCUT2D eigenvalue weighted by molar-refractivity contribution is -0.143. The quantitative estimate of drug-likeness (QED) is 0.646. The lowest BCUT2D eigenvalue weighted by Gasteiger charge is -2.32. The SMILES string of the molecule is CCOC(=O)CN(C1CC1)S(=O)(=O)N1CCNCC1. The van der Waals surface area contributed by atoms with Gasteiger partial charge in [-0.3, -0.25) is 4.79 Å². The van der Waals surface area contributed by atoms with Gasteiger partial charge in [-0.05, 0) is 19.8 Å². The smallest absolute Gasteiger partial charge is 0.321 e. The number of carbonyl (C=O) groups excluding carboxylic acids is 1. The van der Waals surface area contributed by atoms with Gasteiger partial charge in [0.05, 0.1) is 6.61 Å². The van der Waals surface area contributed by atoms with Gasteiger partial charge in [0, 0.05) is 32.2 Å². The van der Waals surface area contributed by atoms with Crippen LogP contribution < -0.4 is 5.32 Å². The van der Waals surface area contributed by atoms with Gasteiger partial charge in [0.15, 0.2) is 0 Å². The molecule has 1 saturated heterocycles. The molecule has 1 heterocycles. The van der Waals surface area contributed by atoms with Crippen LogP contribution in [0.2, 0.25) is 0 Å². The molecule has 0 bridgehead atoms. The van der Waals surface area contributed by atoms with Crippen LogP contribution in [0.3, 0.4) is 0 Å². The predicted molar refractivity (Wildman–Crippen MR) is 69.7 cm³/mol. The fraction of sp³-hybridized carbons (Fsp3) is 0.909. The number of rotatable bonds is 6. The second kappa shape index (κ2) is 6.17. The molecular formula is C11H21N3O4S. The van der Waals surface area contributed by atoms with E-state index in [1.54, 1.807) is 6.92 Å². The number of carbonyl (C=O) groups is 1. The molecule has 2 aliphatic rings. The van der Waals surface area contributed by atoms with Crippen LogP contribution in [-0.2, 0) is 19.7 Å². The van der Waals surface area contributed by atoms with E-state index < -0.39 is 16.2 Å². The molecule has 0 aromatic rings. The minimum Gasteiger partial charge on any atom is -0.465 e. The molecule has 0 spiro atoms. The molecule has 2 rings (SSSR count). The first-order valence-corrected chi connectivity index (χ1v) is 8.08.